The van der Waals surface area contributed by atoms with Gasteiger partial charge in [-0.3, -0.25) is 25.5 Å². The predicted octanol–water partition coefficient (Wildman–Crippen LogP) is 14.3. The molecule has 0 saturated carbocycles. The van der Waals surface area contributed by atoms with Crippen LogP contribution in [0, 0.1) is 27.7 Å². The molecule has 2 aromatic carbocycles. The van der Waals surface area contributed by atoms with Crippen LogP contribution in [-0.4, -0.2) is 101 Å². The number of aromatic nitrogens is 20. The predicted molar refractivity (Wildman–Crippen MR) is 348 cm³/mol. The van der Waals surface area contributed by atoms with Crippen molar-refractivity contribution in [3.63, 3.8) is 0 Å². The highest BCUT2D eigenvalue weighted by Crippen LogP contribution is 2.36. The third-order valence-electron chi connectivity index (χ3n) is 14.6. The fraction of sp³-hybridized carbons (Fsp3) is 0.299. The van der Waals surface area contributed by atoms with Crippen molar-refractivity contribution in [1.82, 2.24) is 101 Å². The van der Waals surface area contributed by atoms with Crippen molar-refractivity contribution in [1.29, 1.82) is 0 Å². The summed E-state index contributed by atoms with van der Waals surface area (Å²) in [7, 11) is 0. The Morgan fingerprint density at radius 1 is 0.326 bits per heavy atom. The van der Waals surface area contributed by atoms with Gasteiger partial charge in [-0.2, -0.15) is 25.5 Å². The highest BCUT2D eigenvalue weighted by molar-refractivity contribution is 5.73. The first-order valence-corrected chi connectivity index (χ1v) is 29.4. The van der Waals surface area contributed by atoms with E-state index in [0.29, 0.717) is 46.6 Å². The van der Waals surface area contributed by atoms with Crippen molar-refractivity contribution in [3.8, 4) is 56.9 Å². The molecule has 12 aromatic rings. The van der Waals surface area contributed by atoms with E-state index >= 15 is 0 Å². The standard InChI is InChI=1S/C29H33N9.C28H31N9.C10H12N4/c1-18-8-10-19(11-9-18)38(26-30-14-12-20(32-26)22-16-24(36-34-22)28(2,3)4)27-31-15-13-21(33-27)23-17-25(37-35-23)29(5,6)7;1-27(2,3)23-16-21(33-35-23)19-12-14-29-25(31-19)37(18-10-8-7-9-11-18)26-30-15-13-20(32-26)22-17-24(36-34-22)28(4,5)6;1-6-4-9(12-5-11-6)10-7(2)8(3)13-14-10/h8-17H,1-7H3,(H,34,36)(H,35,37);7-17H,1-6H3,(H,33,35)(H,34,36);4-5H,1-3H3,(H,13,14). The highest BCUT2D eigenvalue weighted by atomic mass is 15.3. The molecule has 0 spiro atoms. The van der Waals surface area contributed by atoms with Crippen molar-refractivity contribution in [3.05, 3.63) is 186 Å². The molecule has 0 aliphatic carbocycles. The van der Waals surface area contributed by atoms with Crippen molar-refractivity contribution >= 4 is 35.2 Å². The third kappa shape index (κ3) is 14.5. The molecule has 0 fully saturated rings. The number of rotatable bonds is 11. The Kier molecular flexibility index (Phi) is 17.3. The molecule has 89 heavy (non-hydrogen) atoms. The van der Waals surface area contributed by atoms with Gasteiger partial charge in [0.05, 0.1) is 39.8 Å². The molecule has 0 aliphatic heterocycles. The molecule has 0 unspecified atom stereocenters. The van der Waals surface area contributed by atoms with Crippen LogP contribution < -0.4 is 9.80 Å². The van der Waals surface area contributed by atoms with Crippen LogP contribution in [0.4, 0.5) is 35.2 Å². The van der Waals surface area contributed by atoms with Gasteiger partial charge in [-0.05, 0) is 112 Å². The molecule has 0 atom stereocenters. The lowest BCUT2D eigenvalue weighted by Gasteiger charge is -2.21. The van der Waals surface area contributed by atoms with Gasteiger partial charge in [0.2, 0.25) is 23.8 Å². The fourth-order valence-corrected chi connectivity index (χ4v) is 8.97. The molecule has 12 rings (SSSR count). The Labute approximate surface area is 518 Å². The number of anilines is 6. The number of aromatic amines is 5. The monoisotopic (exact) mass is 1190 g/mol. The summed E-state index contributed by atoms with van der Waals surface area (Å²) in [6, 6.07) is 35.4. The molecule has 0 aliphatic rings. The van der Waals surface area contributed by atoms with Crippen LogP contribution in [0.1, 0.15) is 128 Å². The molecule has 10 heterocycles. The van der Waals surface area contributed by atoms with Gasteiger partial charge < -0.3 is 0 Å². The Bertz CT molecular complexity index is 4140. The molecule has 22 heteroatoms. The van der Waals surface area contributed by atoms with E-state index in [1.165, 1.54) is 0 Å². The van der Waals surface area contributed by atoms with Gasteiger partial charge >= 0.3 is 0 Å². The Morgan fingerprint density at radius 3 is 0.978 bits per heavy atom. The first-order chi connectivity index (χ1) is 42.3. The van der Waals surface area contributed by atoms with Crippen molar-refractivity contribution in [2.45, 2.75) is 132 Å². The summed E-state index contributed by atoms with van der Waals surface area (Å²) >= 11 is 0. The van der Waals surface area contributed by atoms with E-state index in [4.69, 9.17) is 19.9 Å². The molecular formula is C67H76N22. The highest BCUT2D eigenvalue weighted by Gasteiger charge is 2.26. The summed E-state index contributed by atoms with van der Waals surface area (Å²) in [4.78, 5) is 49.8. The van der Waals surface area contributed by atoms with Gasteiger partial charge in [-0.15, -0.1) is 0 Å². The normalized spacial score (nSPS) is 11.8. The maximum Gasteiger partial charge on any atom is 0.237 e. The van der Waals surface area contributed by atoms with Gasteiger partial charge in [0, 0.05) is 80.6 Å². The molecule has 10 aromatic heterocycles. The molecule has 454 valence electrons. The van der Waals surface area contributed by atoms with E-state index in [1.54, 1.807) is 31.1 Å². The zero-order valence-corrected chi connectivity index (χ0v) is 53.4. The summed E-state index contributed by atoms with van der Waals surface area (Å²) in [5, 5.41) is 37.7. The maximum atomic E-state index is 4.88. The Balaban J connectivity index is 0.000000161. The summed E-state index contributed by atoms with van der Waals surface area (Å²) in [5.74, 6) is 1.78. The Hall–Kier alpha value is -10.5. The van der Waals surface area contributed by atoms with Gasteiger partial charge in [0.15, 0.2) is 0 Å². The molecule has 0 radical (unpaired) electrons. The number of nitrogens with one attached hydrogen (secondary N) is 5. The van der Waals surface area contributed by atoms with Crippen LogP contribution in [0.15, 0.2) is 140 Å². The third-order valence-corrected chi connectivity index (χ3v) is 14.6. The molecule has 5 N–H and O–H groups in total. The van der Waals surface area contributed by atoms with E-state index in [9.17, 15) is 0 Å². The van der Waals surface area contributed by atoms with E-state index < -0.39 is 0 Å². The average Bonchev–Trinajstić information content (AvgIpc) is 3.84. The minimum atomic E-state index is -0.0531. The lowest BCUT2D eigenvalue weighted by atomic mass is 9.92. The zero-order valence-electron chi connectivity index (χ0n) is 53.4. The van der Waals surface area contributed by atoms with Gasteiger partial charge in [0.1, 0.15) is 34.8 Å². The quantitative estimate of drug-likeness (QED) is 0.0805. The van der Waals surface area contributed by atoms with Gasteiger partial charge in [-0.1, -0.05) is 119 Å². The molecule has 0 bridgehead atoms. The van der Waals surface area contributed by atoms with Crippen LogP contribution >= 0.6 is 0 Å². The smallest absolute Gasteiger partial charge is 0.237 e. The summed E-state index contributed by atoms with van der Waals surface area (Å²) in [6.45, 7) is 33.7. The van der Waals surface area contributed by atoms with Crippen LogP contribution in [0.5, 0.6) is 0 Å². The van der Waals surface area contributed by atoms with E-state index in [1.807, 2.05) is 140 Å². The van der Waals surface area contributed by atoms with Crippen molar-refractivity contribution in [2.24, 2.45) is 0 Å². The second-order valence-corrected chi connectivity index (χ2v) is 25.8. The second kappa shape index (κ2) is 25.1. The van der Waals surface area contributed by atoms with Crippen molar-refractivity contribution in [2.75, 3.05) is 9.80 Å². The molecule has 22 nitrogen and oxygen atoms in total. The maximum absolute atomic E-state index is 4.88. The Morgan fingerprint density at radius 2 is 0.674 bits per heavy atom. The van der Waals surface area contributed by atoms with E-state index in [-0.39, 0.29) is 21.7 Å². The van der Waals surface area contributed by atoms with Gasteiger partial charge in [0.25, 0.3) is 0 Å². The number of H-pyrrole nitrogens is 5. The summed E-state index contributed by atoms with van der Waals surface area (Å²) in [5.41, 5.74) is 17.6. The summed E-state index contributed by atoms with van der Waals surface area (Å²) in [6.07, 6.45) is 8.49. The minimum Gasteiger partial charge on any atom is -0.282 e. The van der Waals surface area contributed by atoms with Crippen LogP contribution in [0.3, 0.4) is 0 Å². The first-order valence-electron chi connectivity index (χ1n) is 29.4. The van der Waals surface area contributed by atoms with E-state index in [2.05, 4.69) is 171 Å². The lowest BCUT2D eigenvalue weighted by Crippen LogP contribution is -2.16. The number of nitrogens with zero attached hydrogens (tertiary/aromatic N) is 17. The topological polar surface area (TPSA) is 279 Å². The summed E-state index contributed by atoms with van der Waals surface area (Å²) < 4.78 is 0. The second-order valence-electron chi connectivity index (χ2n) is 25.8. The number of hydrogen-bond acceptors (Lipinski definition) is 17. The lowest BCUT2D eigenvalue weighted by molar-refractivity contribution is 0.566. The number of benzene rings is 2. The average molecular weight is 1190 g/mol. The number of aryl methyl sites for hydroxylation is 3. The first kappa shape index (κ1) is 61.6. The SMILES string of the molecule is CC(C)(C)c1cc(-c2ccnc(N(c3ccccc3)c3nccc(-c4cc(C(C)(C)C)[nH]n4)n3)n2)n[nH]1.Cc1cc(-c2n[nH]c(C)c2C)ncn1.Cc1ccc(N(c2nccc(-c3cc(C(C)(C)C)[nH]n3)n2)c2nccc(-c3cc(C(C)(C)C)[nH]n3)n2)cc1. The molecular weight excluding hydrogens is 1110 g/mol. The molecule has 0 saturated heterocycles. The van der Waals surface area contributed by atoms with E-state index in [0.717, 1.165) is 90.8 Å². The number of para-hydroxylation sites is 1. The minimum absolute atomic E-state index is 0.0510. The molecule has 0 amide bonds. The zero-order chi connectivity index (χ0) is 63.4. The largest absolute Gasteiger partial charge is 0.282 e. The van der Waals surface area contributed by atoms with Crippen LogP contribution in [0.25, 0.3) is 56.9 Å². The number of hydrogen-bond donors (Lipinski definition) is 5. The van der Waals surface area contributed by atoms with Crippen LogP contribution in [0.2, 0.25) is 0 Å². The van der Waals surface area contributed by atoms with Crippen LogP contribution in [-0.2, 0) is 21.7 Å². The van der Waals surface area contributed by atoms with Crippen molar-refractivity contribution < 1.29 is 0 Å². The van der Waals surface area contributed by atoms with Gasteiger partial charge in [-0.25, -0.2) is 59.6 Å². The fourth-order valence-electron chi connectivity index (χ4n) is 8.97.